The van der Waals surface area contributed by atoms with E-state index in [2.05, 4.69) is 9.71 Å². The molecular formula is C20H13ClN2O4S. The Hall–Kier alpha value is -3.16. The molecule has 0 atom stereocenters. The summed E-state index contributed by atoms with van der Waals surface area (Å²) in [7, 11) is -3.72. The van der Waals surface area contributed by atoms with Crippen molar-refractivity contribution >= 4 is 39.1 Å². The fraction of sp³-hybridized carbons (Fsp3) is 0. The molecule has 4 rings (SSSR count). The summed E-state index contributed by atoms with van der Waals surface area (Å²) in [6, 6.07) is 19.7. The molecular weight excluding hydrogens is 400 g/mol. The zero-order chi connectivity index (χ0) is 19.7. The first-order valence-electron chi connectivity index (χ1n) is 8.22. The molecule has 6 nitrogen and oxygen atoms in total. The monoisotopic (exact) mass is 412 g/mol. The van der Waals surface area contributed by atoms with Crippen molar-refractivity contribution < 1.29 is 17.9 Å². The molecule has 28 heavy (non-hydrogen) atoms. The van der Waals surface area contributed by atoms with Crippen LogP contribution in [0.25, 0.3) is 0 Å². The van der Waals surface area contributed by atoms with Crippen molar-refractivity contribution in [2.45, 2.75) is 4.90 Å². The Kier molecular flexibility index (Phi) is 4.62. The molecule has 0 saturated carbocycles. The van der Waals surface area contributed by atoms with Crippen molar-refractivity contribution in [2.24, 2.45) is 4.40 Å². The molecule has 1 heterocycles. The summed E-state index contributed by atoms with van der Waals surface area (Å²) in [5, 5.41) is 3.27. The molecule has 0 radical (unpaired) electrons. The van der Waals surface area contributed by atoms with Gasteiger partial charge in [-0.1, -0.05) is 41.9 Å². The van der Waals surface area contributed by atoms with E-state index in [9.17, 15) is 13.2 Å². The van der Waals surface area contributed by atoms with Crippen LogP contribution in [0.4, 0.5) is 5.69 Å². The van der Waals surface area contributed by atoms with Crippen LogP contribution >= 0.6 is 11.6 Å². The van der Waals surface area contributed by atoms with Gasteiger partial charge in [-0.15, -0.1) is 4.40 Å². The SMILES string of the molecule is O=C(Oc1cccc(NC2=NS(=O)(=O)c3ccccc32)c1)c1ccccc1Cl. The second-order valence-electron chi connectivity index (χ2n) is 5.93. The van der Waals surface area contributed by atoms with Gasteiger partial charge in [-0.2, -0.15) is 8.42 Å². The van der Waals surface area contributed by atoms with Crippen molar-refractivity contribution in [1.82, 2.24) is 0 Å². The van der Waals surface area contributed by atoms with Crippen LogP contribution in [0.15, 0.2) is 82.1 Å². The maximum Gasteiger partial charge on any atom is 0.345 e. The summed E-state index contributed by atoms with van der Waals surface area (Å²) >= 11 is 6.02. The van der Waals surface area contributed by atoms with Crippen molar-refractivity contribution in [1.29, 1.82) is 0 Å². The molecule has 0 unspecified atom stereocenters. The summed E-state index contributed by atoms with van der Waals surface area (Å²) < 4.78 is 33.5. The van der Waals surface area contributed by atoms with E-state index in [0.717, 1.165) is 0 Å². The smallest absolute Gasteiger partial charge is 0.345 e. The lowest BCUT2D eigenvalue weighted by molar-refractivity contribution is 0.0735. The summed E-state index contributed by atoms with van der Waals surface area (Å²) in [4.78, 5) is 12.5. The molecule has 0 fully saturated rings. The minimum Gasteiger partial charge on any atom is -0.423 e. The Labute approximate surface area is 166 Å². The van der Waals surface area contributed by atoms with Crippen LogP contribution in [0.1, 0.15) is 15.9 Å². The molecule has 0 amide bonds. The number of ether oxygens (including phenoxy) is 1. The number of hydrogen-bond donors (Lipinski definition) is 1. The number of rotatable bonds is 3. The van der Waals surface area contributed by atoms with E-state index in [0.29, 0.717) is 16.3 Å². The minimum atomic E-state index is -3.72. The van der Waals surface area contributed by atoms with Crippen LogP contribution in [0.3, 0.4) is 0 Å². The van der Waals surface area contributed by atoms with Gasteiger partial charge < -0.3 is 10.1 Å². The molecule has 0 aliphatic carbocycles. The average Bonchev–Trinajstić information content (AvgIpc) is 2.93. The molecule has 1 N–H and O–H groups in total. The molecule has 3 aromatic carbocycles. The Balaban J connectivity index is 1.57. The fourth-order valence-corrected chi connectivity index (χ4v) is 4.15. The van der Waals surface area contributed by atoms with E-state index >= 15 is 0 Å². The molecule has 0 spiro atoms. The number of nitrogens with one attached hydrogen (secondary N) is 1. The van der Waals surface area contributed by atoms with Crippen molar-refractivity contribution in [3.05, 3.63) is 88.9 Å². The zero-order valence-corrected chi connectivity index (χ0v) is 15.9. The van der Waals surface area contributed by atoms with Gasteiger partial charge in [0.25, 0.3) is 10.0 Å². The molecule has 0 aromatic heterocycles. The molecule has 3 aromatic rings. The van der Waals surface area contributed by atoms with Gasteiger partial charge in [0.15, 0.2) is 5.84 Å². The van der Waals surface area contributed by atoms with E-state index in [1.54, 1.807) is 66.7 Å². The number of sulfonamides is 1. The van der Waals surface area contributed by atoms with E-state index < -0.39 is 16.0 Å². The first-order chi connectivity index (χ1) is 13.4. The topological polar surface area (TPSA) is 84.8 Å². The van der Waals surface area contributed by atoms with Gasteiger partial charge in [-0.05, 0) is 36.4 Å². The average molecular weight is 413 g/mol. The van der Waals surface area contributed by atoms with E-state index in [4.69, 9.17) is 16.3 Å². The molecule has 0 bridgehead atoms. The standard InChI is InChI=1S/C20H13ClN2O4S/c21-17-10-3-1-8-15(17)20(24)27-14-7-5-6-13(12-14)22-19-16-9-2-4-11-18(16)28(25,26)23-19/h1-12H,(H,22,23). The third-order valence-electron chi connectivity index (χ3n) is 4.03. The summed E-state index contributed by atoms with van der Waals surface area (Å²) in [6.07, 6.45) is 0. The van der Waals surface area contributed by atoms with Crippen LogP contribution in [-0.4, -0.2) is 20.2 Å². The largest absolute Gasteiger partial charge is 0.423 e. The summed E-state index contributed by atoms with van der Waals surface area (Å²) in [5.41, 5.74) is 1.26. The van der Waals surface area contributed by atoms with Gasteiger partial charge in [0.05, 0.1) is 10.6 Å². The second-order valence-corrected chi connectivity index (χ2v) is 7.91. The number of hydrogen-bond acceptors (Lipinski definition) is 5. The molecule has 1 aliphatic heterocycles. The third-order valence-corrected chi connectivity index (χ3v) is 5.70. The molecule has 1 aliphatic rings. The van der Waals surface area contributed by atoms with Gasteiger partial charge in [-0.25, -0.2) is 4.79 Å². The van der Waals surface area contributed by atoms with Crippen molar-refractivity contribution in [3.63, 3.8) is 0 Å². The highest BCUT2D eigenvalue weighted by atomic mass is 35.5. The van der Waals surface area contributed by atoms with Gasteiger partial charge >= 0.3 is 5.97 Å². The highest BCUT2D eigenvalue weighted by Crippen LogP contribution is 2.28. The summed E-state index contributed by atoms with van der Waals surface area (Å²) in [6.45, 7) is 0. The number of carbonyl (C=O) groups is 1. The summed E-state index contributed by atoms with van der Waals surface area (Å²) in [5.74, 6) is -0.0938. The first kappa shape index (κ1) is 18.2. The van der Waals surface area contributed by atoms with Crippen LogP contribution in [0.5, 0.6) is 5.75 Å². The molecule has 140 valence electrons. The van der Waals surface area contributed by atoms with E-state index in [1.807, 2.05) is 0 Å². The normalized spacial score (nSPS) is 14.1. The number of carbonyl (C=O) groups excluding carboxylic acids is 1. The predicted molar refractivity (Wildman–Crippen MR) is 107 cm³/mol. The van der Waals surface area contributed by atoms with Gasteiger partial charge in [-0.3, -0.25) is 0 Å². The van der Waals surface area contributed by atoms with E-state index in [1.165, 1.54) is 6.07 Å². The molecule has 0 saturated heterocycles. The van der Waals surface area contributed by atoms with Crippen molar-refractivity contribution in [2.75, 3.05) is 5.32 Å². The number of fused-ring (bicyclic) bond motifs is 1. The highest BCUT2D eigenvalue weighted by molar-refractivity contribution is 7.90. The second kappa shape index (κ2) is 7.10. The maximum atomic E-state index is 12.3. The number of benzene rings is 3. The predicted octanol–water partition coefficient (Wildman–Crippen LogP) is 4.12. The van der Waals surface area contributed by atoms with Gasteiger partial charge in [0.2, 0.25) is 0 Å². The minimum absolute atomic E-state index is 0.152. The lowest BCUT2D eigenvalue weighted by atomic mass is 10.2. The van der Waals surface area contributed by atoms with Gasteiger partial charge in [0.1, 0.15) is 10.6 Å². The van der Waals surface area contributed by atoms with Crippen LogP contribution in [-0.2, 0) is 10.0 Å². The number of nitrogens with zero attached hydrogens (tertiary/aromatic N) is 1. The zero-order valence-electron chi connectivity index (χ0n) is 14.3. The maximum absolute atomic E-state index is 12.3. The highest BCUT2D eigenvalue weighted by Gasteiger charge is 2.28. The quantitative estimate of drug-likeness (QED) is 0.516. The fourth-order valence-electron chi connectivity index (χ4n) is 2.76. The number of halogens is 1. The van der Waals surface area contributed by atoms with E-state index in [-0.39, 0.29) is 22.0 Å². The number of amidine groups is 1. The Morgan fingerprint density at radius 3 is 2.54 bits per heavy atom. The number of esters is 1. The van der Waals surface area contributed by atoms with Crippen LogP contribution < -0.4 is 10.1 Å². The molecule has 8 heteroatoms. The van der Waals surface area contributed by atoms with Crippen molar-refractivity contribution in [3.8, 4) is 5.75 Å². The third kappa shape index (κ3) is 3.49. The lowest BCUT2D eigenvalue weighted by Crippen LogP contribution is -2.12. The first-order valence-corrected chi connectivity index (χ1v) is 10.0. The lowest BCUT2D eigenvalue weighted by Gasteiger charge is -2.09. The Bertz CT molecular complexity index is 1220. The van der Waals surface area contributed by atoms with Gasteiger partial charge in [0, 0.05) is 17.3 Å². The Morgan fingerprint density at radius 2 is 1.71 bits per heavy atom. The Morgan fingerprint density at radius 1 is 0.964 bits per heavy atom. The van der Waals surface area contributed by atoms with Crippen LogP contribution in [0.2, 0.25) is 5.02 Å². The van der Waals surface area contributed by atoms with Crippen LogP contribution in [0, 0.1) is 0 Å². The number of anilines is 1.